The average Bonchev–Trinajstić information content (AvgIpc) is 2.80. The van der Waals surface area contributed by atoms with E-state index in [-0.39, 0.29) is 25.4 Å². The van der Waals surface area contributed by atoms with Crippen molar-refractivity contribution in [2.24, 2.45) is 7.05 Å². The lowest BCUT2D eigenvalue weighted by molar-refractivity contribution is 0.0691. The summed E-state index contributed by atoms with van der Waals surface area (Å²) in [5, 5.41) is 23.7. The van der Waals surface area contributed by atoms with Gasteiger partial charge in [-0.25, -0.2) is 4.79 Å². The number of aromatic carboxylic acids is 1. The fourth-order valence-electron chi connectivity index (χ4n) is 3.65. The van der Waals surface area contributed by atoms with Crippen molar-refractivity contribution in [1.82, 2.24) is 14.9 Å². The van der Waals surface area contributed by atoms with Crippen molar-refractivity contribution < 1.29 is 19.7 Å². The van der Waals surface area contributed by atoms with E-state index in [1.807, 2.05) is 32.3 Å². The van der Waals surface area contributed by atoms with Crippen LogP contribution in [0.5, 0.6) is 11.5 Å². The first-order valence-corrected chi connectivity index (χ1v) is 8.54. The van der Waals surface area contributed by atoms with Crippen LogP contribution in [0.3, 0.4) is 0 Å². The summed E-state index contributed by atoms with van der Waals surface area (Å²) in [6, 6.07) is 5.84. The molecular formula is C19H20ClN3O5. The summed E-state index contributed by atoms with van der Waals surface area (Å²) < 4.78 is 7.91. The van der Waals surface area contributed by atoms with Crippen LogP contribution in [0, 0.1) is 0 Å². The number of pyridine rings is 1. The van der Waals surface area contributed by atoms with Crippen LogP contribution in [-0.2, 0) is 20.0 Å². The molecule has 4 N–H and O–H groups in total. The number of carboxylic acids is 1. The van der Waals surface area contributed by atoms with Gasteiger partial charge in [-0.05, 0) is 19.2 Å². The number of H-pyrrole nitrogens is 1. The van der Waals surface area contributed by atoms with Gasteiger partial charge in [0.25, 0.3) is 5.56 Å². The number of aromatic amines is 1. The number of fused-ring (bicyclic) bond motifs is 4. The Kier molecular flexibility index (Phi) is 5.10. The van der Waals surface area contributed by atoms with E-state index >= 15 is 0 Å². The molecular weight excluding hydrogens is 386 g/mol. The Morgan fingerprint density at radius 1 is 1.36 bits per heavy atom. The zero-order chi connectivity index (χ0) is 19.3. The molecule has 0 unspecified atom stereocenters. The van der Waals surface area contributed by atoms with Crippen LogP contribution in [0.15, 0.2) is 23.0 Å². The van der Waals surface area contributed by atoms with E-state index < -0.39 is 22.8 Å². The maximum absolute atomic E-state index is 12.2. The number of ether oxygens (including phenoxy) is 1. The summed E-state index contributed by atoms with van der Waals surface area (Å²) in [4.78, 5) is 26.2. The molecule has 0 amide bonds. The van der Waals surface area contributed by atoms with E-state index in [0.717, 1.165) is 16.6 Å². The van der Waals surface area contributed by atoms with Crippen LogP contribution in [0.2, 0.25) is 0 Å². The number of carbonyl (C=O) groups is 1. The third kappa shape index (κ3) is 2.90. The second kappa shape index (κ2) is 7.21. The molecule has 1 aliphatic rings. The minimum absolute atomic E-state index is 0. The number of benzene rings is 1. The number of halogens is 1. The fourth-order valence-corrected chi connectivity index (χ4v) is 3.65. The zero-order valence-corrected chi connectivity index (χ0v) is 16.1. The van der Waals surface area contributed by atoms with Gasteiger partial charge in [0.05, 0.1) is 17.8 Å². The van der Waals surface area contributed by atoms with E-state index in [4.69, 9.17) is 4.74 Å². The molecule has 1 aromatic carbocycles. The van der Waals surface area contributed by atoms with Gasteiger partial charge in [-0.15, -0.1) is 12.4 Å². The van der Waals surface area contributed by atoms with Crippen LogP contribution >= 0.6 is 12.4 Å². The molecule has 0 aliphatic carbocycles. The fraction of sp³-hybridized carbons (Fsp3) is 0.263. The summed E-state index contributed by atoms with van der Waals surface area (Å²) in [6.07, 6.45) is 0.286. The largest absolute Gasteiger partial charge is 0.506 e. The van der Waals surface area contributed by atoms with E-state index in [2.05, 4.69) is 14.9 Å². The Hall–Kier alpha value is -2.97. The van der Waals surface area contributed by atoms with E-state index in [9.17, 15) is 19.8 Å². The summed E-state index contributed by atoms with van der Waals surface area (Å²) in [7, 11) is 3.85. The number of rotatable bonds is 3. The van der Waals surface area contributed by atoms with Crippen molar-refractivity contribution >= 4 is 29.3 Å². The molecule has 8 nitrogen and oxygen atoms in total. The monoisotopic (exact) mass is 405 g/mol. The molecule has 1 aliphatic heterocycles. The molecule has 28 heavy (non-hydrogen) atoms. The highest BCUT2D eigenvalue weighted by molar-refractivity contribution is 5.94. The second-order valence-corrected chi connectivity index (χ2v) is 6.57. The van der Waals surface area contributed by atoms with Crippen LogP contribution in [0.4, 0.5) is 0 Å². The molecule has 0 spiro atoms. The number of aryl methyl sites for hydroxylation is 1. The van der Waals surface area contributed by atoms with Crippen LogP contribution in [0.1, 0.15) is 21.6 Å². The zero-order valence-electron chi connectivity index (χ0n) is 15.3. The summed E-state index contributed by atoms with van der Waals surface area (Å²) in [5.74, 6) is -1.38. The molecule has 0 fully saturated rings. The molecule has 0 saturated heterocycles. The number of hydrogen-bond acceptors (Lipinski definition) is 5. The van der Waals surface area contributed by atoms with Crippen LogP contribution in [0.25, 0.3) is 22.2 Å². The Balaban J connectivity index is 0.00000225. The Bertz CT molecular complexity index is 1150. The minimum atomic E-state index is -1.46. The summed E-state index contributed by atoms with van der Waals surface area (Å²) in [5.41, 5.74) is 1.99. The Morgan fingerprint density at radius 2 is 2.11 bits per heavy atom. The molecule has 0 atom stereocenters. The standard InChI is InChI=1S/C19H19N3O5.ClH/c1-20-8-10-5-9-6-12-14(7-13(9)22(10)2)27-4-3-11-16(12)21-18(24)15(17(11)23)19(25)26;/h5-7,20H,3-4,8H2,1-2H3,(H,25,26)(H2,21,23,24);1H. The number of aromatic hydroxyl groups is 1. The van der Waals surface area contributed by atoms with E-state index in [0.29, 0.717) is 29.1 Å². The predicted molar refractivity (Wildman–Crippen MR) is 107 cm³/mol. The number of aromatic nitrogens is 2. The molecule has 2 aromatic heterocycles. The summed E-state index contributed by atoms with van der Waals surface area (Å²) in [6.45, 7) is 0.963. The highest BCUT2D eigenvalue weighted by Crippen LogP contribution is 2.40. The van der Waals surface area contributed by atoms with Crippen molar-refractivity contribution in [3.05, 3.63) is 45.4 Å². The van der Waals surface area contributed by atoms with Crippen molar-refractivity contribution in [1.29, 1.82) is 0 Å². The van der Waals surface area contributed by atoms with Gasteiger partial charge in [-0.3, -0.25) is 4.79 Å². The molecule has 148 valence electrons. The Labute approximate surface area is 166 Å². The molecule has 3 heterocycles. The lowest BCUT2D eigenvalue weighted by Crippen LogP contribution is -2.20. The first-order valence-electron chi connectivity index (χ1n) is 8.54. The SMILES string of the molecule is CNCc1cc2cc3c(cc2n1C)OCCc1c-3[nH]c(=O)c(C(=O)O)c1O.Cl. The van der Waals surface area contributed by atoms with Crippen molar-refractivity contribution in [2.75, 3.05) is 13.7 Å². The lowest BCUT2D eigenvalue weighted by atomic mass is 9.99. The third-order valence-corrected chi connectivity index (χ3v) is 4.98. The van der Waals surface area contributed by atoms with Crippen LogP contribution in [-0.4, -0.2) is 39.4 Å². The maximum atomic E-state index is 12.2. The lowest BCUT2D eigenvalue weighted by Gasteiger charge is -2.12. The highest BCUT2D eigenvalue weighted by Gasteiger charge is 2.26. The molecule has 0 bridgehead atoms. The molecule has 9 heteroatoms. The molecule has 0 radical (unpaired) electrons. The molecule has 0 saturated carbocycles. The van der Waals surface area contributed by atoms with Gasteiger partial charge in [0.15, 0.2) is 5.56 Å². The van der Waals surface area contributed by atoms with Gasteiger partial charge in [0, 0.05) is 48.3 Å². The van der Waals surface area contributed by atoms with Crippen LogP contribution < -0.4 is 15.6 Å². The minimum Gasteiger partial charge on any atom is -0.506 e. The normalized spacial score (nSPS) is 12.5. The summed E-state index contributed by atoms with van der Waals surface area (Å²) >= 11 is 0. The highest BCUT2D eigenvalue weighted by atomic mass is 35.5. The predicted octanol–water partition coefficient (Wildman–Crippen LogP) is 2.01. The topological polar surface area (TPSA) is 117 Å². The van der Waals surface area contributed by atoms with Gasteiger partial charge in [-0.2, -0.15) is 0 Å². The second-order valence-electron chi connectivity index (χ2n) is 6.57. The van der Waals surface area contributed by atoms with Crippen molar-refractivity contribution in [3.8, 4) is 22.8 Å². The van der Waals surface area contributed by atoms with Gasteiger partial charge < -0.3 is 29.8 Å². The number of carboxylic acid groups (broad SMARTS) is 1. The van der Waals surface area contributed by atoms with Crippen molar-refractivity contribution in [3.63, 3.8) is 0 Å². The quantitative estimate of drug-likeness (QED) is 0.529. The number of nitrogens with zero attached hydrogens (tertiary/aromatic N) is 1. The Morgan fingerprint density at radius 3 is 2.79 bits per heavy atom. The van der Waals surface area contributed by atoms with E-state index in [1.54, 1.807) is 0 Å². The number of nitrogens with one attached hydrogen (secondary N) is 2. The molecule has 4 rings (SSSR count). The van der Waals surface area contributed by atoms with Gasteiger partial charge in [-0.1, -0.05) is 0 Å². The third-order valence-electron chi connectivity index (χ3n) is 4.98. The number of hydrogen-bond donors (Lipinski definition) is 4. The van der Waals surface area contributed by atoms with Gasteiger partial charge in [0.2, 0.25) is 0 Å². The van der Waals surface area contributed by atoms with Crippen molar-refractivity contribution in [2.45, 2.75) is 13.0 Å². The first kappa shape index (κ1) is 19.8. The van der Waals surface area contributed by atoms with E-state index in [1.165, 1.54) is 0 Å². The molecule has 3 aromatic rings. The average molecular weight is 406 g/mol. The van der Waals surface area contributed by atoms with Gasteiger partial charge >= 0.3 is 5.97 Å². The maximum Gasteiger partial charge on any atom is 0.345 e. The smallest absolute Gasteiger partial charge is 0.345 e. The first-order chi connectivity index (χ1) is 12.9. The van der Waals surface area contributed by atoms with Gasteiger partial charge in [0.1, 0.15) is 11.5 Å².